The Morgan fingerprint density at radius 3 is 2.48 bits per heavy atom. The normalized spacial score (nSPS) is 20.8. The Balaban J connectivity index is 2.31. The van der Waals surface area contributed by atoms with E-state index < -0.39 is 24.3 Å². The van der Waals surface area contributed by atoms with Gasteiger partial charge in [0, 0.05) is 6.54 Å². The molecule has 0 amide bonds. The molecule has 2 heterocycles. The number of rotatable bonds is 4. The van der Waals surface area contributed by atoms with E-state index in [9.17, 15) is 4.79 Å². The molecule has 1 aromatic heterocycles. The number of carboxylic acids is 1. The maximum Gasteiger partial charge on any atom is 0.491 e. The molecule has 0 atom stereocenters. The summed E-state index contributed by atoms with van der Waals surface area (Å²) in [6.07, 6.45) is 1.70. The van der Waals surface area contributed by atoms with Crippen LogP contribution in [0.5, 0.6) is 0 Å². The zero-order valence-corrected chi connectivity index (χ0v) is 13.4. The van der Waals surface area contributed by atoms with Crippen molar-refractivity contribution in [2.24, 2.45) is 5.73 Å². The molecule has 8 heteroatoms. The van der Waals surface area contributed by atoms with Crippen LogP contribution in [0, 0.1) is 0 Å². The summed E-state index contributed by atoms with van der Waals surface area (Å²) in [6, 6.07) is 0. The molecule has 0 spiro atoms. The molecular weight excluding hydrogens is 291 g/mol. The van der Waals surface area contributed by atoms with Gasteiger partial charge in [-0.25, -0.2) is 9.78 Å². The quantitative estimate of drug-likeness (QED) is 0.824. The number of aromatic carboxylic acids is 1. The molecule has 1 aliphatic rings. The minimum atomic E-state index is -1.06. The number of nitrogens with zero attached hydrogens (tertiary/aromatic N) is 1. The van der Waals surface area contributed by atoms with Gasteiger partial charge in [0.1, 0.15) is 0 Å². The summed E-state index contributed by atoms with van der Waals surface area (Å²) in [4.78, 5) is 15.5. The number of nitrogens with two attached hydrogens (primary N) is 1. The molecule has 1 fully saturated rings. The first kappa shape index (κ1) is 16.2. The van der Waals surface area contributed by atoms with Crippen LogP contribution in [0.3, 0.4) is 0 Å². The molecule has 0 radical (unpaired) electrons. The monoisotopic (exact) mass is 310 g/mol. The maximum absolute atomic E-state index is 11.1. The molecule has 21 heavy (non-hydrogen) atoms. The zero-order valence-electron chi connectivity index (χ0n) is 12.5. The predicted octanol–water partition coefficient (Wildman–Crippen LogP) is 1.81. The van der Waals surface area contributed by atoms with Crippen molar-refractivity contribution in [2.75, 3.05) is 6.54 Å². The molecule has 0 unspecified atom stereocenters. The Hall–Kier alpha value is -1.22. The number of hydrogen-bond donors (Lipinski definition) is 2. The van der Waals surface area contributed by atoms with E-state index in [4.69, 9.17) is 20.1 Å². The fourth-order valence-electron chi connectivity index (χ4n) is 1.90. The number of hydrogen-bond acceptors (Lipinski definition) is 6. The largest absolute Gasteiger partial charge is 0.491 e. The first-order valence-corrected chi connectivity index (χ1v) is 7.49. The van der Waals surface area contributed by atoms with Crippen molar-refractivity contribution in [1.29, 1.82) is 0 Å². The second-order valence-electron chi connectivity index (χ2n) is 5.88. The van der Waals surface area contributed by atoms with E-state index in [1.54, 1.807) is 6.08 Å². The number of aromatic nitrogens is 1. The Bertz CT molecular complexity index is 566. The van der Waals surface area contributed by atoms with E-state index in [1.807, 2.05) is 27.7 Å². The van der Waals surface area contributed by atoms with Crippen molar-refractivity contribution in [3.8, 4) is 0 Å². The SMILES string of the molecule is CC1(C)OB(C(=Cc2scnc2C(=O)O)CN)OC1(C)C. The lowest BCUT2D eigenvalue weighted by molar-refractivity contribution is 0.00578. The third kappa shape index (κ3) is 3.03. The number of carboxylic acid groups (broad SMARTS) is 1. The summed E-state index contributed by atoms with van der Waals surface area (Å²) in [5.74, 6) is -1.06. The topological polar surface area (TPSA) is 94.7 Å². The van der Waals surface area contributed by atoms with Crippen molar-refractivity contribution in [2.45, 2.75) is 38.9 Å². The molecule has 0 saturated carbocycles. The molecule has 1 aliphatic heterocycles. The number of thiazole rings is 1. The van der Waals surface area contributed by atoms with Gasteiger partial charge in [-0.1, -0.05) is 0 Å². The molecule has 2 rings (SSSR count). The molecule has 1 saturated heterocycles. The van der Waals surface area contributed by atoms with Crippen LogP contribution in [0.1, 0.15) is 43.1 Å². The molecule has 0 aromatic carbocycles. The fourth-order valence-corrected chi connectivity index (χ4v) is 2.65. The van der Waals surface area contributed by atoms with Crippen LogP contribution >= 0.6 is 11.3 Å². The van der Waals surface area contributed by atoms with Gasteiger partial charge >= 0.3 is 13.1 Å². The average molecular weight is 310 g/mol. The predicted molar refractivity (Wildman–Crippen MR) is 82.2 cm³/mol. The summed E-state index contributed by atoms with van der Waals surface area (Å²) in [6.45, 7) is 8.04. The summed E-state index contributed by atoms with van der Waals surface area (Å²) in [7, 11) is -0.580. The molecule has 6 nitrogen and oxygen atoms in total. The minimum absolute atomic E-state index is 0.0162. The maximum atomic E-state index is 11.1. The summed E-state index contributed by atoms with van der Waals surface area (Å²) in [5.41, 5.74) is 7.06. The van der Waals surface area contributed by atoms with E-state index in [0.29, 0.717) is 10.3 Å². The van der Waals surface area contributed by atoms with E-state index >= 15 is 0 Å². The Morgan fingerprint density at radius 2 is 2.00 bits per heavy atom. The number of carbonyl (C=O) groups is 1. The zero-order chi connectivity index (χ0) is 15.8. The summed E-state index contributed by atoms with van der Waals surface area (Å²) in [5, 5.41) is 9.09. The first-order valence-electron chi connectivity index (χ1n) is 6.61. The van der Waals surface area contributed by atoms with E-state index in [1.165, 1.54) is 16.8 Å². The highest BCUT2D eigenvalue weighted by Gasteiger charge is 2.52. The lowest BCUT2D eigenvalue weighted by Crippen LogP contribution is -2.41. The molecule has 1 aromatic rings. The third-order valence-electron chi connectivity index (χ3n) is 3.91. The first-order chi connectivity index (χ1) is 9.68. The van der Waals surface area contributed by atoms with Crippen LogP contribution in [0.15, 0.2) is 11.0 Å². The van der Waals surface area contributed by atoms with Crippen molar-refractivity contribution in [1.82, 2.24) is 4.98 Å². The average Bonchev–Trinajstić information content (AvgIpc) is 2.89. The van der Waals surface area contributed by atoms with Crippen LogP contribution in [0.25, 0.3) is 6.08 Å². The van der Waals surface area contributed by atoms with Crippen molar-refractivity contribution >= 4 is 30.5 Å². The van der Waals surface area contributed by atoms with E-state index in [0.717, 1.165) is 0 Å². The molecular formula is C13H19BN2O4S. The molecule has 3 N–H and O–H groups in total. The van der Waals surface area contributed by atoms with Gasteiger partial charge in [0.25, 0.3) is 0 Å². The smallest absolute Gasteiger partial charge is 0.476 e. The fraction of sp³-hybridized carbons (Fsp3) is 0.538. The van der Waals surface area contributed by atoms with Gasteiger partial charge < -0.3 is 20.1 Å². The highest BCUT2D eigenvalue weighted by atomic mass is 32.1. The molecule has 114 valence electrons. The van der Waals surface area contributed by atoms with E-state index in [-0.39, 0.29) is 12.2 Å². The third-order valence-corrected chi connectivity index (χ3v) is 4.68. The van der Waals surface area contributed by atoms with Gasteiger partial charge in [-0.15, -0.1) is 11.3 Å². The van der Waals surface area contributed by atoms with Crippen molar-refractivity contribution < 1.29 is 19.2 Å². The van der Waals surface area contributed by atoms with Crippen LogP contribution in [0.4, 0.5) is 0 Å². The van der Waals surface area contributed by atoms with Gasteiger partial charge in [-0.3, -0.25) is 0 Å². The van der Waals surface area contributed by atoms with Gasteiger partial charge in [0.2, 0.25) is 0 Å². The second-order valence-corrected chi connectivity index (χ2v) is 6.77. The van der Waals surface area contributed by atoms with Crippen molar-refractivity contribution in [3.05, 3.63) is 21.6 Å². The van der Waals surface area contributed by atoms with Crippen LogP contribution in [-0.4, -0.2) is 40.9 Å². The Kier molecular flexibility index (Phi) is 4.25. The van der Waals surface area contributed by atoms with Gasteiger partial charge in [0.15, 0.2) is 5.69 Å². The minimum Gasteiger partial charge on any atom is -0.476 e. The lowest BCUT2D eigenvalue weighted by atomic mass is 9.77. The Labute approximate surface area is 128 Å². The highest BCUT2D eigenvalue weighted by molar-refractivity contribution is 7.11. The van der Waals surface area contributed by atoms with Crippen LogP contribution in [-0.2, 0) is 9.31 Å². The van der Waals surface area contributed by atoms with Crippen molar-refractivity contribution in [3.63, 3.8) is 0 Å². The van der Waals surface area contributed by atoms with Crippen LogP contribution in [0.2, 0.25) is 0 Å². The lowest BCUT2D eigenvalue weighted by Gasteiger charge is -2.32. The van der Waals surface area contributed by atoms with E-state index in [2.05, 4.69) is 4.98 Å². The van der Waals surface area contributed by atoms with Gasteiger partial charge in [-0.05, 0) is 39.2 Å². The van der Waals surface area contributed by atoms with Gasteiger partial charge in [-0.2, -0.15) is 0 Å². The summed E-state index contributed by atoms with van der Waals surface area (Å²) < 4.78 is 11.9. The highest BCUT2D eigenvalue weighted by Crippen LogP contribution is 2.38. The summed E-state index contributed by atoms with van der Waals surface area (Å²) >= 11 is 1.25. The molecule has 0 bridgehead atoms. The van der Waals surface area contributed by atoms with Gasteiger partial charge in [0.05, 0.1) is 21.6 Å². The molecule has 0 aliphatic carbocycles. The standard InChI is InChI=1S/C13H19BN2O4S/c1-12(2)13(3,4)20-14(19-12)8(6-15)5-9-10(11(17)18)16-7-21-9/h5,7H,6,15H2,1-4H3,(H,17,18). The second kappa shape index (κ2) is 5.53. The Morgan fingerprint density at radius 1 is 1.43 bits per heavy atom. The van der Waals surface area contributed by atoms with Crippen LogP contribution < -0.4 is 5.73 Å².